The second-order valence-electron chi connectivity index (χ2n) is 18.6. The van der Waals surface area contributed by atoms with Crippen LogP contribution in [0.5, 0.6) is 0 Å². The molecule has 4 saturated carbocycles. The average Bonchev–Trinajstić information content (AvgIpc) is 2.98. The van der Waals surface area contributed by atoms with E-state index >= 15 is 0 Å². The molecule has 1 aliphatic heterocycles. The first-order chi connectivity index (χ1) is 21.6. The fourth-order valence-corrected chi connectivity index (χ4v) is 12.5. The van der Waals surface area contributed by atoms with E-state index in [-0.39, 0.29) is 28.1 Å². The van der Waals surface area contributed by atoms with E-state index < -0.39 is 83.3 Å². The number of fused-ring (bicyclic) bond motifs is 7. The van der Waals surface area contributed by atoms with Crippen LogP contribution in [0.1, 0.15) is 107 Å². The van der Waals surface area contributed by atoms with Crippen molar-refractivity contribution in [3.63, 3.8) is 0 Å². The number of hydrogen-bond donors (Lipinski definition) is 7. The van der Waals surface area contributed by atoms with Crippen molar-refractivity contribution in [2.45, 2.75) is 155 Å². The predicted molar refractivity (Wildman–Crippen MR) is 172 cm³/mol. The molecule has 5 fully saturated rings. The van der Waals surface area contributed by atoms with E-state index in [9.17, 15) is 40.5 Å². The van der Waals surface area contributed by atoms with Crippen molar-refractivity contribution in [2.24, 2.45) is 50.2 Å². The fourth-order valence-electron chi connectivity index (χ4n) is 12.5. The quantitative estimate of drug-likeness (QED) is 0.175. The number of hydrogen-bond acceptors (Lipinski definition) is 10. The van der Waals surface area contributed by atoms with Crippen molar-refractivity contribution in [1.29, 1.82) is 0 Å². The molecule has 5 aliphatic carbocycles. The first-order valence-electron chi connectivity index (χ1n) is 17.9. The third-order valence-electron chi connectivity index (χ3n) is 16.0. The molecule has 15 unspecified atom stereocenters. The molecular weight excluding hydrogens is 604 g/mol. The lowest BCUT2D eigenvalue weighted by Gasteiger charge is -2.72. The molecule has 1 saturated heterocycles. The number of esters is 1. The highest BCUT2D eigenvalue weighted by molar-refractivity contribution is 5.79. The second-order valence-corrected chi connectivity index (χ2v) is 18.6. The Morgan fingerprint density at radius 3 is 2.15 bits per heavy atom. The number of allylic oxidation sites excluding steroid dienone is 1. The molecule has 0 amide bonds. The van der Waals surface area contributed by atoms with Gasteiger partial charge in [-0.2, -0.15) is 0 Å². The van der Waals surface area contributed by atoms with E-state index in [0.717, 1.165) is 24.8 Å². The number of carbonyl (C=O) groups excluding carboxylic acids is 1. The van der Waals surface area contributed by atoms with Gasteiger partial charge in [0.15, 0.2) is 0 Å². The SMILES string of the molecule is CC1(C)C(O)C(O)CC2(C)C1CCC1(C)C2CC=C2C3C(C(=O)OC4OC(CO)C(O)C(O)C4O)(CCC(C)(C)C3(C)O)CCC21C. The lowest BCUT2D eigenvalue weighted by Crippen LogP contribution is -2.70. The van der Waals surface area contributed by atoms with Crippen LogP contribution in [0.15, 0.2) is 11.6 Å². The van der Waals surface area contributed by atoms with E-state index in [1.807, 2.05) is 20.8 Å². The van der Waals surface area contributed by atoms with E-state index in [0.29, 0.717) is 32.1 Å². The first kappa shape index (κ1) is 35.7. The van der Waals surface area contributed by atoms with E-state index in [1.165, 1.54) is 0 Å². The maximum atomic E-state index is 14.6. The maximum absolute atomic E-state index is 14.6. The topological polar surface area (TPSA) is 177 Å². The summed E-state index contributed by atoms with van der Waals surface area (Å²) in [5.74, 6) is -0.745. The smallest absolute Gasteiger partial charge is 0.315 e. The summed E-state index contributed by atoms with van der Waals surface area (Å²) in [5.41, 5.74) is -3.11. The zero-order valence-corrected chi connectivity index (χ0v) is 29.6. The van der Waals surface area contributed by atoms with Gasteiger partial charge in [-0.1, -0.05) is 60.1 Å². The van der Waals surface area contributed by atoms with Gasteiger partial charge in [0.1, 0.15) is 24.4 Å². The first-order valence-corrected chi connectivity index (χ1v) is 17.9. The van der Waals surface area contributed by atoms with Crippen molar-refractivity contribution < 1.29 is 50.0 Å². The largest absolute Gasteiger partial charge is 0.432 e. The van der Waals surface area contributed by atoms with Crippen molar-refractivity contribution in [2.75, 3.05) is 6.61 Å². The molecule has 0 aromatic heterocycles. The van der Waals surface area contributed by atoms with Crippen LogP contribution in [-0.4, -0.2) is 96.8 Å². The molecule has 7 N–H and O–H groups in total. The normalized spacial score (nSPS) is 55.0. The molecule has 15 atom stereocenters. The van der Waals surface area contributed by atoms with Gasteiger partial charge in [-0.15, -0.1) is 0 Å². The Hall–Kier alpha value is -1.11. The molecule has 10 nitrogen and oxygen atoms in total. The van der Waals surface area contributed by atoms with Gasteiger partial charge in [0, 0.05) is 5.92 Å². The predicted octanol–water partition coefficient (Wildman–Crippen LogP) is 2.82. The minimum absolute atomic E-state index is 0.203. The Morgan fingerprint density at radius 1 is 0.872 bits per heavy atom. The summed E-state index contributed by atoms with van der Waals surface area (Å²) in [6, 6.07) is 0. The van der Waals surface area contributed by atoms with Crippen molar-refractivity contribution >= 4 is 5.97 Å². The Labute approximate surface area is 279 Å². The Bertz CT molecular complexity index is 1290. The molecule has 1 heterocycles. The molecule has 0 radical (unpaired) electrons. The van der Waals surface area contributed by atoms with Crippen LogP contribution in [-0.2, 0) is 14.3 Å². The average molecular weight is 665 g/mol. The van der Waals surface area contributed by atoms with Gasteiger partial charge >= 0.3 is 5.97 Å². The van der Waals surface area contributed by atoms with Crippen LogP contribution >= 0.6 is 0 Å². The van der Waals surface area contributed by atoms with Crippen LogP contribution in [0.25, 0.3) is 0 Å². The summed E-state index contributed by atoms with van der Waals surface area (Å²) in [6.07, 6.45) is -1.78. The standard InChI is InChI=1S/C37H60O10/c1-31(2)13-15-37(30(44)47-29-26(42)25(41)24(40)21(18-38)46-29)16-14-34(6)19(27(37)36(31,8)45)9-10-23-33(5)17-20(39)28(43)32(3,4)22(33)11-12-35(23,34)7/h9,20-29,38-43,45H,10-18H2,1-8H3. The van der Waals surface area contributed by atoms with Crippen LogP contribution < -0.4 is 0 Å². The van der Waals surface area contributed by atoms with Gasteiger partial charge in [-0.25, -0.2) is 0 Å². The maximum Gasteiger partial charge on any atom is 0.315 e. The molecule has 0 aromatic rings. The number of ether oxygens (including phenoxy) is 2. The highest BCUT2D eigenvalue weighted by Gasteiger charge is 2.73. The number of carbonyl (C=O) groups is 1. The monoisotopic (exact) mass is 664 g/mol. The molecule has 6 rings (SSSR count). The summed E-state index contributed by atoms with van der Waals surface area (Å²) < 4.78 is 11.5. The van der Waals surface area contributed by atoms with Crippen molar-refractivity contribution in [1.82, 2.24) is 0 Å². The molecule has 6 aliphatic rings. The lowest BCUT2D eigenvalue weighted by atomic mass is 9.32. The summed E-state index contributed by atoms with van der Waals surface area (Å²) >= 11 is 0. The second kappa shape index (κ2) is 10.9. The van der Waals surface area contributed by atoms with Gasteiger partial charge in [0.2, 0.25) is 6.29 Å². The Kier molecular flexibility index (Phi) is 8.31. The van der Waals surface area contributed by atoms with Crippen LogP contribution in [0.3, 0.4) is 0 Å². The minimum Gasteiger partial charge on any atom is -0.432 e. The van der Waals surface area contributed by atoms with E-state index in [4.69, 9.17) is 9.47 Å². The molecular formula is C37H60O10. The number of aliphatic hydroxyl groups excluding tert-OH is 6. The summed E-state index contributed by atoms with van der Waals surface area (Å²) in [7, 11) is 0. The Balaban J connectivity index is 1.42. The molecule has 0 bridgehead atoms. The van der Waals surface area contributed by atoms with Gasteiger partial charge in [-0.05, 0) is 97.2 Å². The molecule has 0 aromatic carbocycles. The van der Waals surface area contributed by atoms with Crippen molar-refractivity contribution in [3.05, 3.63) is 11.6 Å². The third-order valence-corrected chi connectivity index (χ3v) is 16.0. The zero-order chi connectivity index (χ0) is 34.9. The van der Waals surface area contributed by atoms with Crippen LogP contribution in [0.4, 0.5) is 0 Å². The molecule has 0 spiro atoms. The molecule has 268 valence electrons. The van der Waals surface area contributed by atoms with Gasteiger partial charge in [-0.3, -0.25) is 4.79 Å². The zero-order valence-electron chi connectivity index (χ0n) is 29.6. The van der Waals surface area contributed by atoms with Crippen molar-refractivity contribution in [3.8, 4) is 0 Å². The molecule has 47 heavy (non-hydrogen) atoms. The highest BCUT2D eigenvalue weighted by Crippen LogP contribution is 2.76. The van der Waals surface area contributed by atoms with Gasteiger partial charge < -0.3 is 45.2 Å². The highest BCUT2D eigenvalue weighted by atomic mass is 16.7. The number of aliphatic hydroxyl groups is 7. The van der Waals surface area contributed by atoms with E-state index in [2.05, 4.69) is 40.7 Å². The lowest BCUT2D eigenvalue weighted by molar-refractivity contribution is -0.300. The van der Waals surface area contributed by atoms with Crippen LogP contribution in [0, 0.1) is 50.2 Å². The third kappa shape index (κ3) is 4.54. The fraction of sp³-hybridized carbons (Fsp3) is 0.919. The van der Waals surface area contributed by atoms with E-state index in [1.54, 1.807) is 0 Å². The molecule has 10 heteroatoms. The summed E-state index contributed by atoms with van der Waals surface area (Å²) in [6.45, 7) is 16.5. The van der Waals surface area contributed by atoms with Crippen LogP contribution in [0.2, 0.25) is 0 Å². The summed E-state index contributed by atoms with van der Waals surface area (Å²) in [5, 5.41) is 76.0. The number of rotatable bonds is 3. The summed E-state index contributed by atoms with van der Waals surface area (Å²) in [4.78, 5) is 14.6. The Morgan fingerprint density at radius 2 is 1.51 bits per heavy atom. The van der Waals surface area contributed by atoms with Gasteiger partial charge in [0.25, 0.3) is 0 Å². The minimum atomic E-state index is -1.71. The van der Waals surface area contributed by atoms with Gasteiger partial charge in [0.05, 0.1) is 29.8 Å².